The molecule has 0 saturated carbocycles. The van der Waals surface area contributed by atoms with Crippen molar-refractivity contribution in [3.05, 3.63) is 130 Å². The van der Waals surface area contributed by atoms with E-state index in [2.05, 4.69) is 122 Å². The molecule has 1 aromatic heterocycles. The highest BCUT2D eigenvalue weighted by atomic mass is 32.2. The van der Waals surface area contributed by atoms with Gasteiger partial charge < -0.3 is 4.90 Å². The van der Waals surface area contributed by atoms with Crippen molar-refractivity contribution in [3.8, 4) is 0 Å². The molecule has 0 radical (unpaired) electrons. The molecule has 0 N–H and O–H groups in total. The van der Waals surface area contributed by atoms with E-state index < -0.39 is 0 Å². The van der Waals surface area contributed by atoms with E-state index in [9.17, 15) is 0 Å². The molecule has 246 valence electrons. The molecule has 0 amide bonds. The van der Waals surface area contributed by atoms with Gasteiger partial charge in [0.15, 0.2) is 0 Å². The minimum Gasteiger partial charge on any atom is -0.331 e. The number of thiophene rings is 1. The number of hydrogen-bond donors (Lipinski definition) is 0. The second kappa shape index (κ2) is 16.5. The molecule has 1 nitrogen and oxygen atoms in total. The summed E-state index contributed by atoms with van der Waals surface area (Å²) < 4.78 is 1.36. The summed E-state index contributed by atoms with van der Waals surface area (Å²) in [7, 11) is 0. The Bertz CT molecular complexity index is 1960. The minimum atomic E-state index is 0.788. The van der Waals surface area contributed by atoms with Crippen LogP contribution in [-0.4, -0.2) is 31.6 Å². The average molecular weight is 740 g/mol. The molecule has 3 aromatic carbocycles. The molecular weight excluding hydrogens is 699 g/mol. The molecule has 0 atom stereocenters. The van der Waals surface area contributed by atoms with Gasteiger partial charge in [0.05, 0.1) is 10.7 Å². The Hall–Kier alpha value is -2.39. The monoisotopic (exact) mass is 739 g/mol. The largest absolute Gasteiger partial charge is 0.331 e. The van der Waals surface area contributed by atoms with E-state index in [0.29, 0.717) is 0 Å². The van der Waals surface area contributed by atoms with Gasteiger partial charge in [-0.2, -0.15) is 0 Å². The van der Waals surface area contributed by atoms with Crippen molar-refractivity contribution >= 4 is 97.6 Å². The third kappa shape index (κ3) is 7.38. The highest BCUT2D eigenvalue weighted by Gasteiger charge is 2.26. The lowest BCUT2D eigenvalue weighted by molar-refractivity contribution is 0.806. The zero-order valence-electron chi connectivity index (χ0n) is 28.0. The lowest BCUT2D eigenvalue weighted by Crippen LogP contribution is -2.17. The summed E-state index contributed by atoms with van der Waals surface area (Å²) in [6, 6.07) is 20.5. The van der Waals surface area contributed by atoms with E-state index in [0.717, 1.165) is 32.2 Å². The summed E-state index contributed by atoms with van der Waals surface area (Å²) in [5.74, 6) is 0. The molecule has 0 bridgehead atoms. The van der Waals surface area contributed by atoms with Crippen LogP contribution in [0, 0.1) is 0 Å². The molecular formula is C41H41NS6. The molecule has 2 aliphatic rings. The number of nitrogens with zero attached hydrogens (tertiary/aromatic N) is 1. The van der Waals surface area contributed by atoms with Crippen LogP contribution < -0.4 is 4.90 Å². The topological polar surface area (TPSA) is 3.24 Å². The average Bonchev–Trinajstić information content (AvgIpc) is 3.64. The Morgan fingerprint density at radius 3 is 2.21 bits per heavy atom. The van der Waals surface area contributed by atoms with Crippen LogP contribution in [-0.2, 0) is 6.42 Å². The highest BCUT2D eigenvalue weighted by Crippen LogP contribution is 2.50. The minimum absolute atomic E-state index is 0.788. The lowest BCUT2D eigenvalue weighted by atomic mass is 9.83. The Labute approximate surface area is 312 Å². The number of allylic oxidation sites excluding steroid dienone is 7. The lowest BCUT2D eigenvalue weighted by Gasteiger charge is -2.23. The first kappa shape index (κ1) is 35.4. The quantitative estimate of drug-likeness (QED) is 0.104. The Kier molecular flexibility index (Phi) is 12.2. The maximum atomic E-state index is 4.11. The van der Waals surface area contributed by atoms with Gasteiger partial charge in [0.1, 0.15) is 0 Å². The van der Waals surface area contributed by atoms with Crippen LogP contribution in [0.5, 0.6) is 0 Å². The van der Waals surface area contributed by atoms with Crippen LogP contribution in [0.3, 0.4) is 0 Å². The van der Waals surface area contributed by atoms with Gasteiger partial charge in [0.25, 0.3) is 0 Å². The van der Waals surface area contributed by atoms with Gasteiger partial charge in [-0.3, -0.25) is 0 Å². The predicted octanol–water partition coefficient (Wildman–Crippen LogP) is 13.7. The van der Waals surface area contributed by atoms with Gasteiger partial charge in [-0.05, 0) is 120 Å². The second-order valence-corrected chi connectivity index (χ2v) is 17.0. The molecule has 1 aliphatic heterocycles. The van der Waals surface area contributed by atoms with Gasteiger partial charge in [0.2, 0.25) is 0 Å². The normalized spacial score (nSPS) is 16.5. The molecule has 0 fully saturated rings. The summed E-state index contributed by atoms with van der Waals surface area (Å²) in [6.07, 6.45) is 26.4. The van der Waals surface area contributed by atoms with Crippen molar-refractivity contribution in [1.82, 2.24) is 0 Å². The van der Waals surface area contributed by atoms with E-state index in [1.165, 1.54) is 78.0 Å². The van der Waals surface area contributed by atoms with Gasteiger partial charge >= 0.3 is 0 Å². The SMILES string of the molecule is C=CCc1c(/C=C/C2=C(c3ccccc3)C(=C/C=C3\Sc4cc(SC)c(SC)cc4N3CC=C)/CCC2)sc2cc(SC)c(SC)cc12. The summed E-state index contributed by atoms with van der Waals surface area (Å²) in [4.78, 5) is 10.4. The van der Waals surface area contributed by atoms with Crippen molar-refractivity contribution in [3.63, 3.8) is 0 Å². The number of hydrogen-bond acceptors (Lipinski definition) is 7. The second-order valence-electron chi connectivity index (χ2n) is 11.5. The number of benzene rings is 3. The van der Waals surface area contributed by atoms with Crippen molar-refractivity contribution in [1.29, 1.82) is 0 Å². The summed E-state index contributed by atoms with van der Waals surface area (Å²) in [5.41, 5.74) is 8.15. The van der Waals surface area contributed by atoms with Crippen LogP contribution >= 0.6 is 70.1 Å². The number of rotatable bonds is 12. The van der Waals surface area contributed by atoms with Crippen LogP contribution in [0.1, 0.15) is 35.3 Å². The number of fused-ring (bicyclic) bond motifs is 2. The van der Waals surface area contributed by atoms with Crippen molar-refractivity contribution in [2.45, 2.75) is 50.2 Å². The first-order chi connectivity index (χ1) is 23.5. The molecule has 1 aliphatic carbocycles. The molecule has 6 rings (SSSR count). The molecule has 4 aromatic rings. The first-order valence-electron chi connectivity index (χ1n) is 16.0. The van der Waals surface area contributed by atoms with Crippen LogP contribution in [0.25, 0.3) is 21.7 Å². The zero-order valence-corrected chi connectivity index (χ0v) is 32.9. The molecule has 48 heavy (non-hydrogen) atoms. The Balaban J connectivity index is 1.42. The molecule has 0 unspecified atom stereocenters. The van der Waals surface area contributed by atoms with E-state index in [1.807, 2.05) is 82.3 Å². The van der Waals surface area contributed by atoms with Gasteiger partial charge in [-0.15, -0.1) is 71.5 Å². The summed E-state index contributed by atoms with van der Waals surface area (Å²) >= 11 is 11.1. The van der Waals surface area contributed by atoms with Gasteiger partial charge in [0, 0.05) is 40.6 Å². The predicted molar refractivity (Wildman–Crippen MR) is 225 cm³/mol. The fraction of sp³-hybridized carbons (Fsp3) is 0.220. The van der Waals surface area contributed by atoms with Crippen molar-refractivity contribution in [2.24, 2.45) is 0 Å². The number of thioether (sulfide) groups is 5. The number of anilines is 1. The molecule has 0 saturated heterocycles. The van der Waals surface area contributed by atoms with Crippen LogP contribution in [0.4, 0.5) is 5.69 Å². The van der Waals surface area contributed by atoms with E-state index >= 15 is 0 Å². The van der Waals surface area contributed by atoms with Crippen LogP contribution in [0.2, 0.25) is 0 Å². The molecule has 0 spiro atoms. The third-order valence-electron chi connectivity index (χ3n) is 8.68. The van der Waals surface area contributed by atoms with Crippen LogP contribution in [0.15, 0.2) is 139 Å². The highest BCUT2D eigenvalue weighted by molar-refractivity contribution is 8.04. The fourth-order valence-electron chi connectivity index (χ4n) is 6.44. The standard InChI is InChI=1S/C41H41NS6/c1-7-13-30-31-23-36(43-3)38(45-5)25-34(31)47-33(30)20-18-28-16-12-17-29(41(28)27-14-10-9-11-15-27)19-21-40-42(22-8-2)32-24-37(44-4)39(46-6)26-35(32)48-40/h7-11,14-15,18-21,23-26H,1-2,12-13,16-17,22H2,3-6H3/b20-18+,29-19+,40-21-. The molecule has 7 heteroatoms. The van der Waals surface area contributed by atoms with E-state index in [-0.39, 0.29) is 0 Å². The Morgan fingerprint density at radius 1 is 0.792 bits per heavy atom. The first-order valence-corrected chi connectivity index (χ1v) is 22.5. The maximum Gasteiger partial charge on any atom is 0.0804 e. The van der Waals surface area contributed by atoms with E-state index in [1.54, 1.807) is 0 Å². The maximum absolute atomic E-state index is 4.11. The van der Waals surface area contributed by atoms with Gasteiger partial charge in [-0.25, -0.2) is 0 Å². The summed E-state index contributed by atoms with van der Waals surface area (Å²) in [5, 5.41) is 2.62. The van der Waals surface area contributed by atoms with Crippen molar-refractivity contribution in [2.75, 3.05) is 36.5 Å². The Morgan fingerprint density at radius 2 is 1.50 bits per heavy atom. The van der Waals surface area contributed by atoms with E-state index in [4.69, 9.17) is 0 Å². The summed E-state index contributed by atoms with van der Waals surface area (Å²) in [6.45, 7) is 8.98. The molecule has 2 heterocycles. The smallest absolute Gasteiger partial charge is 0.0804 e. The fourth-order valence-corrected chi connectivity index (χ4v) is 11.8. The zero-order chi connectivity index (χ0) is 33.6. The van der Waals surface area contributed by atoms with Crippen molar-refractivity contribution < 1.29 is 0 Å². The third-order valence-corrected chi connectivity index (χ3v) is 14.3. The van der Waals surface area contributed by atoms with Gasteiger partial charge in [-0.1, -0.05) is 66.4 Å².